The number of hydrogen-bond acceptors (Lipinski definition) is 1. The lowest BCUT2D eigenvalue weighted by Crippen LogP contribution is -2.07. The van der Waals surface area contributed by atoms with Crippen molar-refractivity contribution >= 4 is 17.4 Å². The van der Waals surface area contributed by atoms with E-state index in [2.05, 4.69) is 0 Å². The summed E-state index contributed by atoms with van der Waals surface area (Å²) in [6.07, 6.45) is -0.0983. The number of benzene rings is 2. The van der Waals surface area contributed by atoms with Crippen molar-refractivity contribution in [2.24, 2.45) is 0 Å². The van der Waals surface area contributed by atoms with Crippen molar-refractivity contribution in [2.45, 2.75) is 13.3 Å². The summed E-state index contributed by atoms with van der Waals surface area (Å²) >= 11 is 5.77. The fourth-order valence-electron chi connectivity index (χ4n) is 1.89. The normalized spacial score (nSPS) is 10.5. The molecule has 0 saturated heterocycles. The number of hydrogen-bond donors (Lipinski definition) is 0. The Kier molecular flexibility index (Phi) is 3.96. The molecule has 0 unspecified atom stereocenters. The third kappa shape index (κ3) is 3.18. The van der Waals surface area contributed by atoms with Gasteiger partial charge < -0.3 is 0 Å². The summed E-state index contributed by atoms with van der Waals surface area (Å²) in [5.41, 5.74) is 1.16. The number of carbonyl (C=O) groups is 1. The summed E-state index contributed by atoms with van der Waals surface area (Å²) in [6, 6.07) is 7.98. The van der Waals surface area contributed by atoms with Crippen LogP contribution in [0.4, 0.5) is 8.78 Å². The first-order chi connectivity index (χ1) is 8.97. The van der Waals surface area contributed by atoms with Crippen molar-refractivity contribution in [3.63, 3.8) is 0 Å². The van der Waals surface area contributed by atoms with Crippen LogP contribution in [0.1, 0.15) is 21.5 Å². The topological polar surface area (TPSA) is 17.1 Å². The Morgan fingerprint density at radius 1 is 1.16 bits per heavy atom. The minimum Gasteiger partial charge on any atom is -0.294 e. The van der Waals surface area contributed by atoms with Crippen molar-refractivity contribution in [1.29, 1.82) is 0 Å². The largest absolute Gasteiger partial charge is 0.294 e. The Balaban J connectivity index is 2.28. The van der Waals surface area contributed by atoms with Gasteiger partial charge in [-0.2, -0.15) is 0 Å². The molecule has 0 saturated carbocycles. The van der Waals surface area contributed by atoms with E-state index < -0.39 is 11.6 Å². The molecule has 2 rings (SSSR count). The van der Waals surface area contributed by atoms with Crippen molar-refractivity contribution in [2.75, 3.05) is 0 Å². The summed E-state index contributed by atoms with van der Waals surface area (Å²) in [5, 5.41) is 0.375. The average molecular weight is 281 g/mol. The lowest BCUT2D eigenvalue weighted by atomic mass is 9.99. The molecule has 0 radical (unpaired) electrons. The highest BCUT2D eigenvalue weighted by molar-refractivity contribution is 6.30. The summed E-state index contributed by atoms with van der Waals surface area (Å²) in [4.78, 5) is 12.1. The van der Waals surface area contributed by atoms with E-state index in [4.69, 9.17) is 11.6 Å². The van der Waals surface area contributed by atoms with Crippen molar-refractivity contribution in [1.82, 2.24) is 0 Å². The van der Waals surface area contributed by atoms with Gasteiger partial charge in [0.1, 0.15) is 11.6 Å². The molecule has 0 amide bonds. The highest BCUT2D eigenvalue weighted by Gasteiger charge is 2.13. The zero-order valence-corrected chi connectivity index (χ0v) is 11.0. The molecule has 0 aliphatic carbocycles. The lowest BCUT2D eigenvalue weighted by molar-refractivity contribution is 0.0991. The van der Waals surface area contributed by atoms with Gasteiger partial charge in [0.2, 0.25) is 0 Å². The molecule has 0 spiro atoms. The van der Waals surface area contributed by atoms with Crippen LogP contribution < -0.4 is 0 Å². The van der Waals surface area contributed by atoms with Gasteiger partial charge in [-0.05, 0) is 54.4 Å². The van der Waals surface area contributed by atoms with Gasteiger partial charge in [0, 0.05) is 17.0 Å². The molecule has 0 bridgehead atoms. The molecule has 98 valence electrons. The molecule has 0 fully saturated rings. The van der Waals surface area contributed by atoms with Crippen LogP contribution in [0.15, 0.2) is 36.4 Å². The van der Waals surface area contributed by atoms with Crippen LogP contribution in [0.5, 0.6) is 0 Å². The van der Waals surface area contributed by atoms with Crippen LogP contribution in [0, 0.1) is 18.6 Å². The van der Waals surface area contributed by atoms with Gasteiger partial charge in [0.15, 0.2) is 5.78 Å². The Morgan fingerprint density at radius 2 is 1.89 bits per heavy atom. The predicted molar refractivity (Wildman–Crippen MR) is 70.6 cm³/mol. The maximum atomic E-state index is 13.5. The molecule has 4 heteroatoms. The molecule has 0 atom stereocenters. The number of Topliss-reactive ketones (excluding diaryl/α,β-unsaturated/α-hetero) is 1. The van der Waals surface area contributed by atoms with E-state index in [9.17, 15) is 13.6 Å². The molecule has 0 N–H and O–H groups in total. The number of aryl methyl sites for hydroxylation is 1. The van der Waals surface area contributed by atoms with E-state index in [-0.39, 0.29) is 17.8 Å². The van der Waals surface area contributed by atoms with Gasteiger partial charge in [-0.15, -0.1) is 0 Å². The number of ketones is 1. The van der Waals surface area contributed by atoms with Gasteiger partial charge in [0.25, 0.3) is 0 Å². The average Bonchev–Trinajstić information content (AvgIpc) is 2.33. The first-order valence-corrected chi connectivity index (χ1v) is 6.08. The Hall–Kier alpha value is -1.74. The summed E-state index contributed by atoms with van der Waals surface area (Å²) < 4.78 is 26.5. The van der Waals surface area contributed by atoms with Crippen LogP contribution in [0.3, 0.4) is 0 Å². The van der Waals surface area contributed by atoms with Crippen molar-refractivity contribution < 1.29 is 13.6 Å². The van der Waals surface area contributed by atoms with E-state index in [1.165, 1.54) is 36.4 Å². The summed E-state index contributed by atoms with van der Waals surface area (Å²) in [5.74, 6) is -1.14. The fourth-order valence-corrected chi connectivity index (χ4v) is 2.08. The van der Waals surface area contributed by atoms with E-state index in [0.717, 1.165) is 0 Å². The number of rotatable bonds is 3. The fraction of sp³-hybridized carbons (Fsp3) is 0.133. The molecule has 0 heterocycles. The Morgan fingerprint density at radius 3 is 2.58 bits per heavy atom. The van der Waals surface area contributed by atoms with Gasteiger partial charge in [-0.1, -0.05) is 11.6 Å². The zero-order valence-electron chi connectivity index (χ0n) is 10.2. The standard InChI is InChI=1S/C15H11ClF2O/c1-9-6-12(17)3-4-13(9)15(19)8-10-7-11(16)2-5-14(10)18/h2-7H,8H2,1H3. The smallest absolute Gasteiger partial charge is 0.167 e. The second kappa shape index (κ2) is 5.49. The van der Waals surface area contributed by atoms with Gasteiger partial charge in [-0.3, -0.25) is 4.79 Å². The van der Waals surface area contributed by atoms with E-state index in [1.54, 1.807) is 6.92 Å². The molecule has 19 heavy (non-hydrogen) atoms. The van der Waals surface area contributed by atoms with E-state index >= 15 is 0 Å². The third-order valence-electron chi connectivity index (χ3n) is 2.85. The minimum absolute atomic E-state index is 0.0983. The molecular formula is C15H11ClF2O. The van der Waals surface area contributed by atoms with Crippen molar-refractivity contribution in [3.05, 3.63) is 69.7 Å². The van der Waals surface area contributed by atoms with Crippen LogP contribution in [-0.4, -0.2) is 5.78 Å². The van der Waals surface area contributed by atoms with Gasteiger partial charge in [-0.25, -0.2) is 8.78 Å². The molecular weight excluding hydrogens is 270 g/mol. The predicted octanol–water partition coefficient (Wildman–Crippen LogP) is 4.35. The summed E-state index contributed by atoms with van der Waals surface area (Å²) in [6.45, 7) is 1.64. The first-order valence-electron chi connectivity index (χ1n) is 5.70. The molecule has 0 aliphatic heterocycles. The molecule has 2 aromatic carbocycles. The van der Waals surface area contributed by atoms with Gasteiger partial charge >= 0.3 is 0 Å². The third-order valence-corrected chi connectivity index (χ3v) is 3.08. The zero-order chi connectivity index (χ0) is 14.0. The lowest BCUT2D eigenvalue weighted by Gasteiger charge is -2.06. The van der Waals surface area contributed by atoms with Crippen LogP contribution in [0.2, 0.25) is 5.02 Å². The highest BCUT2D eigenvalue weighted by Crippen LogP contribution is 2.18. The monoisotopic (exact) mass is 280 g/mol. The van der Waals surface area contributed by atoms with Crippen molar-refractivity contribution in [3.8, 4) is 0 Å². The molecule has 0 aliphatic rings. The number of halogens is 3. The molecule has 1 nitrogen and oxygen atoms in total. The number of carbonyl (C=O) groups excluding carboxylic acids is 1. The van der Waals surface area contributed by atoms with Crippen LogP contribution >= 0.6 is 11.6 Å². The first kappa shape index (κ1) is 13.7. The maximum absolute atomic E-state index is 13.5. The van der Waals surface area contributed by atoms with Crippen LogP contribution in [0.25, 0.3) is 0 Å². The highest BCUT2D eigenvalue weighted by atomic mass is 35.5. The van der Waals surface area contributed by atoms with Gasteiger partial charge in [0.05, 0.1) is 0 Å². The van der Waals surface area contributed by atoms with E-state index in [0.29, 0.717) is 16.1 Å². The quantitative estimate of drug-likeness (QED) is 0.764. The van der Waals surface area contributed by atoms with Crippen LogP contribution in [-0.2, 0) is 6.42 Å². The van der Waals surface area contributed by atoms with E-state index in [1.807, 2.05) is 0 Å². The minimum atomic E-state index is -0.475. The molecule has 2 aromatic rings. The summed E-state index contributed by atoms with van der Waals surface area (Å²) in [7, 11) is 0. The Labute approximate surface area is 114 Å². The Bertz CT molecular complexity index is 638. The molecule has 0 aromatic heterocycles. The SMILES string of the molecule is Cc1cc(F)ccc1C(=O)Cc1cc(Cl)ccc1F. The second-order valence-corrected chi connectivity index (χ2v) is 4.73. The maximum Gasteiger partial charge on any atom is 0.167 e. The second-order valence-electron chi connectivity index (χ2n) is 4.29.